The standard InChI is InChI=1S/C16H17NO2/c18-13-5-8-16(19,9-6-13)11-12-7-10-17-15-4-2-1-3-14(12)15/h1-4,7,10,19H,5-6,8-9,11H2. The summed E-state index contributed by atoms with van der Waals surface area (Å²) in [6.45, 7) is 0. The van der Waals surface area contributed by atoms with Gasteiger partial charge in [-0.05, 0) is 30.5 Å². The molecule has 98 valence electrons. The second-order valence-corrected chi connectivity index (χ2v) is 5.43. The number of rotatable bonds is 2. The van der Waals surface area contributed by atoms with Crippen LogP contribution in [0.25, 0.3) is 10.9 Å². The summed E-state index contributed by atoms with van der Waals surface area (Å²) in [5.74, 6) is 0.268. The minimum atomic E-state index is -0.738. The van der Waals surface area contributed by atoms with Crippen LogP contribution in [-0.4, -0.2) is 21.5 Å². The average molecular weight is 255 g/mol. The fraction of sp³-hybridized carbons (Fsp3) is 0.375. The fourth-order valence-electron chi connectivity index (χ4n) is 2.83. The molecule has 1 fully saturated rings. The van der Waals surface area contributed by atoms with Crippen molar-refractivity contribution in [1.82, 2.24) is 4.98 Å². The van der Waals surface area contributed by atoms with E-state index in [0.717, 1.165) is 16.5 Å². The van der Waals surface area contributed by atoms with Gasteiger partial charge < -0.3 is 5.11 Å². The zero-order chi connectivity index (χ0) is 13.3. The molecule has 3 heteroatoms. The number of pyridine rings is 1. The van der Waals surface area contributed by atoms with Gasteiger partial charge in [0.25, 0.3) is 0 Å². The molecule has 0 amide bonds. The summed E-state index contributed by atoms with van der Waals surface area (Å²) < 4.78 is 0. The first-order valence-electron chi connectivity index (χ1n) is 6.73. The lowest BCUT2D eigenvalue weighted by atomic mass is 9.79. The molecule has 1 saturated carbocycles. The van der Waals surface area contributed by atoms with Crippen molar-refractivity contribution in [3.8, 4) is 0 Å². The molecule has 0 saturated heterocycles. The number of carbonyl (C=O) groups excluding carboxylic acids is 1. The first-order valence-corrected chi connectivity index (χ1v) is 6.73. The Morgan fingerprint density at radius 2 is 1.89 bits per heavy atom. The lowest BCUT2D eigenvalue weighted by molar-refractivity contribution is -0.125. The molecule has 2 aromatic rings. The summed E-state index contributed by atoms with van der Waals surface area (Å²) in [4.78, 5) is 15.6. The van der Waals surface area contributed by atoms with E-state index in [-0.39, 0.29) is 5.78 Å². The Kier molecular flexibility index (Phi) is 3.07. The van der Waals surface area contributed by atoms with Crippen LogP contribution in [-0.2, 0) is 11.2 Å². The monoisotopic (exact) mass is 255 g/mol. The van der Waals surface area contributed by atoms with Gasteiger partial charge in [-0.1, -0.05) is 18.2 Å². The van der Waals surface area contributed by atoms with E-state index < -0.39 is 5.60 Å². The third-order valence-corrected chi connectivity index (χ3v) is 4.00. The maximum absolute atomic E-state index is 11.3. The van der Waals surface area contributed by atoms with Crippen LogP contribution in [0.15, 0.2) is 36.5 Å². The minimum absolute atomic E-state index is 0.268. The average Bonchev–Trinajstić information content (AvgIpc) is 2.43. The number of carbonyl (C=O) groups is 1. The number of hydrogen-bond acceptors (Lipinski definition) is 3. The van der Waals surface area contributed by atoms with Crippen molar-refractivity contribution in [1.29, 1.82) is 0 Å². The van der Waals surface area contributed by atoms with Crippen molar-refractivity contribution < 1.29 is 9.90 Å². The fourth-order valence-corrected chi connectivity index (χ4v) is 2.83. The highest BCUT2D eigenvalue weighted by molar-refractivity contribution is 5.82. The van der Waals surface area contributed by atoms with Gasteiger partial charge >= 0.3 is 0 Å². The van der Waals surface area contributed by atoms with E-state index in [2.05, 4.69) is 4.98 Å². The number of fused-ring (bicyclic) bond motifs is 1. The molecule has 1 heterocycles. The number of benzene rings is 1. The van der Waals surface area contributed by atoms with E-state index in [1.54, 1.807) is 6.20 Å². The van der Waals surface area contributed by atoms with E-state index in [9.17, 15) is 9.90 Å². The molecule has 0 atom stereocenters. The van der Waals surface area contributed by atoms with Crippen LogP contribution in [0.4, 0.5) is 0 Å². The van der Waals surface area contributed by atoms with Gasteiger partial charge in [0.15, 0.2) is 0 Å². The zero-order valence-corrected chi connectivity index (χ0v) is 10.8. The van der Waals surface area contributed by atoms with Gasteiger partial charge in [-0.3, -0.25) is 9.78 Å². The molecule has 1 aliphatic rings. The number of hydrogen-bond donors (Lipinski definition) is 1. The second-order valence-electron chi connectivity index (χ2n) is 5.43. The van der Waals surface area contributed by atoms with Gasteiger partial charge in [0.05, 0.1) is 11.1 Å². The SMILES string of the molecule is O=C1CCC(O)(Cc2ccnc3ccccc23)CC1. The van der Waals surface area contributed by atoms with Crippen molar-refractivity contribution in [2.45, 2.75) is 37.7 Å². The highest BCUT2D eigenvalue weighted by Crippen LogP contribution is 2.31. The van der Waals surface area contributed by atoms with Gasteiger partial charge in [0.2, 0.25) is 0 Å². The van der Waals surface area contributed by atoms with Crippen LogP contribution >= 0.6 is 0 Å². The van der Waals surface area contributed by atoms with Crippen molar-refractivity contribution in [2.24, 2.45) is 0 Å². The molecule has 1 aromatic heterocycles. The van der Waals surface area contributed by atoms with E-state index in [1.165, 1.54) is 0 Å². The predicted molar refractivity (Wildman–Crippen MR) is 73.9 cm³/mol. The molecule has 0 aliphatic heterocycles. The highest BCUT2D eigenvalue weighted by atomic mass is 16.3. The quantitative estimate of drug-likeness (QED) is 0.897. The van der Waals surface area contributed by atoms with Crippen molar-refractivity contribution in [2.75, 3.05) is 0 Å². The van der Waals surface area contributed by atoms with E-state index >= 15 is 0 Å². The molecule has 1 aromatic carbocycles. The Bertz CT molecular complexity index is 606. The smallest absolute Gasteiger partial charge is 0.133 e. The number of ketones is 1. The maximum atomic E-state index is 11.3. The third-order valence-electron chi connectivity index (χ3n) is 4.00. The predicted octanol–water partition coefficient (Wildman–Crippen LogP) is 2.65. The minimum Gasteiger partial charge on any atom is -0.390 e. The number of para-hydroxylation sites is 1. The Balaban J connectivity index is 1.91. The first-order chi connectivity index (χ1) is 9.16. The molecule has 0 radical (unpaired) electrons. The van der Waals surface area contributed by atoms with Gasteiger partial charge in [-0.2, -0.15) is 0 Å². The van der Waals surface area contributed by atoms with Crippen LogP contribution in [0.2, 0.25) is 0 Å². The number of aliphatic hydroxyl groups is 1. The molecular formula is C16H17NO2. The summed E-state index contributed by atoms with van der Waals surface area (Å²) in [7, 11) is 0. The Labute approximate surface area is 112 Å². The van der Waals surface area contributed by atoms with Crippen LogP contribution in [0.3, 0.4) is 0 Å². The Morgan fingerprint density at radius 3 is 2.68 bits per heavy atom. The highest BCUT2D eigenvalue weighted by Gasteiger charge is 2.32. The van der Waals surface area contributed by atoms with Gasteiger partial charge in [-0.25, -0.2) is 0 Å². The van der Waals surface area contributed by atoms with Crippen molar-refractivity contribution in [3.05, 3.63) is 42.1 Å². The largest absolute Gasteiger partial charge is 0.390 e. The van der Waals surface area contributed by atoms with Crippen LogP contribution in [0.1, 0.15) is 31.2 Å². The zero-order valence-electron chi connectivity index (χ0n) is 10.8. The molecular weight excluding hydrogens is 238 g/mol. The van der Waals surface area contributed by atoms with Crippen LogP contribution in [0.5, 0.6) is 0 Å². The summed E-state index contributed by atoms with van der Waals surface area (Å²) in [6, 6.07) is 9.94. The molecule has 0 bridgehead atoms. The van der Waals surface area contributed by atoms with Crippen molar-refractivity contribution in [3.63, 3.8) is 0 Å². The lowest BCUT2D eigenvalue weighted by Gasteiger charge is -2.31. The number of Topliss-reactive ketones (excluding diaryl/α,β-unsaturated/α-hetero) is 1. The van der Waals surface area contributed by atoms with Gasteiger partial charge in [-0.15, -0.1) is 0 Å². The van der Waals surface area contributed by atoms with E-state index in [1.807, 2.05) is 30.3 Å². The number of aromatic nitrogens is 1. The molecule has 3 rings (SSSR count). The number of nitrogens with zero attached hydrogens (tertiary/aromatic N) is 1. The van der Waals surface area contributed by atoms with Gasteiger partial charge in [0.1, 0.15) is 5.78 Å². The Hall–Kier alpha value is -1.74. The summed E-state index contributed by atoms with van der Waals surface area (Å²) in [5, 5.41) is 11.7. The second kappa shape index (κ2) is 4.74. The Morgan fingerprint density at radius 1 is 1.16 bits per heavy atom. The summed E-state index contributed by atoms with van der Waals surface area (Å²) in [5.41, 5.74) is 1.33. The normalized spacial score (nSPS) is 18.7. The lowest BCUT2D eigenvalue weighted by Crippen LogP contribution is -2.36. The van der Waals surface area contributed by atoms with E-state index in [0.29, 0.717) is 32.1 Å². The topological polar surface area (TPSA) is 50.2 Å². The molecule has 1 N–H and O–H groups in total. The molecule has 0 unspecified atom stereocenters. The molecule has 19 heavy (non-hydrogen) atoms. The molecule has 3 nitrogen and oxygen atoms in total. The first kappa shape index (κ1) is 12.3. The van der Waals surface area contributed by atoms with Crippen LogP contribution < -0.4 is 0 Å². The van der Waals surface area contributed by atoms with Gasteiger partial charge in [0, 0.05) is 30.8 Å². The molecule has 0 spiro atoms. The summed E-state index contributed by atoms with van der Waals surface area (Å²) >= 11 is 0. The summed E-state index contributed by atoms with van der Waals surface area (Å²) in [6.07, 6.45) is 4.53. The van der Waals surface area contributed by atoms with Crippen LogP contribution in [0, 0.1) is 0 Å². The maximum Gasteiger partial charge on any atom is 0.133 e. The van der Waals surface area contributed by atoms with Crippen molar-refractivity contribution >= 4 is 16.7 Å². The third kappa shape index (κ3) is 2.51. The van der Waals surface area contributed by atoms with E-state index in [4.69, 9.17) is 0 Å². The molecule has 1 aliphatic carbocycles.